The molecule has 1 aromatic heterocycles. The molecule has 2 saturated heterocycles. The van der Waals surface area contributed by atoms with Crippen LogP contribution in [-0.2, 0) is 32.4 Å². The summed E-state index contributed by atoms with van der Waals surface area (Å²) < 4.78 is 40.7. The standard InChI is InChI=1S/C17H25N2O9P/c1-4-24-16(21)10(2)5-6-25-29(23)26-9-13-12(28-29)7-14(27-13)19-8-11(3)15(20)18-17(19)22/h8,10,12-14H,4-7,9H2,1-3H3,(H,18,20,22)/t10-,12-,13?,14+,29-/m1/s1. The molecule has 12 heteroatoms. The lowest BCUT2D eigenvalue weighted by Crippen LogP contribution is -2.34. The number of hydrogen-bond acceptors (Lipinski definition) is 9. The molecule has 0 amide bonds. The molecule has 2 aliphatic rings. The van der Waals surface area contributed by atoms with Crippen molar-refractivity contribution in [1.82, 2.24) is 9.55 Å². The number of carbonyl (C=O) groups excluding carboxylic acids is 1. The van der Waals surface area contributed by atoms with Crippen LogP contribution in [0.2, 0.25) is 0 Å². The third-order valence-corrected chi connectivity index (χ3v) is 6.28. The van der Waals surface area contributed by atoms with Gasteiger partial charge in [0.15, 0.2) is 0 Å². The molecule has 1 unspecified atom stereocenters. The summed E-state index contributed by atoms with van der Waals surface area (Å²) in [5, 5.41) is 0. The predicted octanol–water partition coefficient (Wildman–Crippen LogP) is 1.26. The summed E-state index contributed by atoms with van der Waals surface area (Å²) in [4.78, 5) is 37.4. The van der Waals surface area contributed by atoms with Crippen LogP contribution in [-0.4, -0.2) is 47.5 Å². The minimum Gasteiger partial charge on any atom is -0.466 e. The maximum absolute atomic E-state index is 12.7. The average molecular weight is 432 g/mol. The van der Waals surface area contributed by atoms with Gasteiger partial charge in [0, 0.05) is 18.2 Å². The molecule has 0 radical (unpaired) electrons. The fraction of sp³-hybridized carbons (Fsp3) is 0.706. The number of hydrogen-bond donors (Lipinski definition) is 1. The second-order valence-corrected chi connectivity index (χ2v) is 8.63. The zero-order chi connectivity index (χ0) is 21.2. The zero-order valence-electron chi connectivity index (χ0n) is 16.5. The summed E-state index contributed by atoms with van der Waals surface area (Å²) in [5.74, 6) is -0.762. The molecule has 1 N–H and O–H groups in total. The van der Waals surface area contributed by atoms with Gasteiger partial charge in [0.1, 0.15) is 18.4 Å². The number of fused-ring (bicyclic) bond motifs is 1. The molecule has 3 heterocycles. The van der Waals surface area contributed by atoms with E-state index in [0.717, 1.165) is 0 Å². The maximum atomic E-state index is 12.7. The van der Waals surface area contributed by atoms with Gasteiger partial charge in [0.25, 0.3) is 5.56 Å². The fourth-order valence-electron chi connectivity index (χ4n) is 3.10. The molecule has 0 bridgehead atoms. The molecule has 0 aromatic carbocycles. The lowest BCUT2D eigenvalue weighted by atomic mass is 10.1. The van der Waals surface area contributed by atoms with E-state index >= 15 is 0 Å². The highest BCUT2D eigenvalue weighted by Gasteiger charge is 2.48. The van der Waals surface area contributed by atoms with E-state index in [0.29, 0.717) is 12.0 Å². The molecule has 162 valence electrons. The second kappa shape index (κ2) is 8.93. The van der Waals surface area contributed by atoms with Gasteiger partial charge >= 0.3 is 19.5 Å². The number of H-pyrrole nitrogens is 1. The number of carbonyl (C=O) groups is 1. The van der Waals surface area contributed by atoms with Gasteiger partial charge in [-0.1, -0.05) is 6.92 Å². The Morgan fingerprint density at radius 3 is 2.90 bits per heavy atom. The predicted molar refractivity (Wildman–Crippen MR) is 99.4 cm³/mol. The Morgan fingerprint density at radius 2 is 2.17 bits per heavy atom. The van der Waals surface area contributed by atoms with Crippen molar-refractivity contribution in [3.8, 4) is 0 Å². The normalized spacial score (nSPS) is 30.0. The number of aryl methyl sites for hydroxylation is 1. The van der Waals surface area contributed by atoms with E-state index in [1.807, 2.05) is 0 Å². The van der Waals surface area contributed by atoms with Gasteiger partial charge in [0.2, 0.25) is 0 Å². The third kappa shape index (κ3) is 5.04. The second-order valence-electron chi connectivity index (χ2n) is 7.01. The van der Waals surface area contributed by atoms with E-state index in [1.54, 1.807) is 20.8 Å². The van der Waals surface area contributed by atoms with Crippen molar-refractivity contribution < 1.29 is 32.4 Å². The first-order chi connectivity index (χ1) is 13.7. The molecule has 5 atom stereocenters. The molecule has 11 nitrogen and oxygen atoms in total. The first-order valence-corrected chi connectivity index (χ1v) is 10.9. The highest BCUT2D eigenvalue weighted by Crippen LogP contribution is 2.56. The third-order valence-electron chi connectivity index (χ3n) is 4.79. The van der Waals surface area contributed by atoms with Crippen molar-refractivity contribution in [3.63, 3.8) is 0 Å². The lowest BCUT2D eigenvalue weighted by molar-refractivity contribution is -0.147. The lowest BCUT2D eigenvalue weighted by Gasteiger charge is -2.29. The number of nitrogens with one attached hydrogen (secondary N) is 1. The van der Waals surface area contributed by atoms with Gasteiger partial charge in [-0.2, -0.15) is 0 Å². The SMILES string of the molecule is CCOC(=O)[C@H](C)CCO[P@]1(=O)OCC2O[C@H](n3cc(C)c(=O)[nH]c3=O)C[C@H]2O1. The Kier molecular flexibility index (Phi) is 6.75. The molecule has 2 fully saturated rings. The van der Waals surface area contributed by atoms with Crippen LogP contribution in [0.1, 0.15) is 38.5 Å². The summed E-state index contributed by atoms with van der Waals surface area (Å²) in [6, 6.07) is 0. The number of aromatic nitrogens is 2. The Morgan fingerprint density at radius 1 is 1.41 bits per heavy atom. The number of esters is 1. The summed E-state index contributed by atoms with van der Waals surface area (Å²) in [5.41, 5.74) is -0.696. The number of phosphoric ester groups is 1. The first kappa shape index (κ1) is 21.9. The summed E-state index contributed by atoms with van der Waals surface area (Å²) in [6.07, 6.45) is 0.147. The smallest absolute Gasteiger partial charge is 0.466 e. The Labute approximate surface area is 166 Å². The van der Waals surface area contributed by atoms with Crippen LogP contribution >= 0.6 is 7.82 Å². The molecule has 29 heavy (non-hydrogen) atoms. The van der Waals surface area contributed by atoms with Gasteiger partial charge in [-0.25, -0.2) is 9.36 Å². The van der Waals surface area contributed by atoms with Crippen molar-refractivity contribution in [1.29, 1.82) is 0 Å². The largest absolute Gasteiger partial charge is 0.475 e. The van der Waals surface area contributed by atoms with Gasteiger partial charge in [-0.3, -0.25) is 32.7 Å². The van der Waals surface area contributed by atoms with E-state index in [4.69, 9.17) is 23.0 Å². The minimum absolute atomic E-state index is 0.00247. The summed E-state index contributed by atoms with van der Waals surface area (Å²) in [6.45, 7) is 5.25. The molecule has 0 aliphatic carbocycles. The van der Waals surface area contributed by atoms with Crippen LogP contribution < -0.4 is 11.2 Å². The Bertz CT molecular complexity index is 911. The minimum atomic E-state index is -3.81. The number of ether oxygens (including phenoxy) is 2. The highest BCUT2D eigenvalue weighted by molar-refractivity contribution is 7.48. The molecule has 3 rings (SSSR count). The van der Waals surface area contributed by atoms with Crippen LogP contribution in [0, 0.1) is 12.8 Å². The van der Waals surface area contributed by atoms with E-state index in [-0.39, 0.29) is 32.2 Å². The van der Waals surface area contributed by atoms with Crippen molar-refractivity contribution in [2.24, 2.45) is 5.92 Å². The van der Waals surface area contributed by atoms with Gasteiger partial charge in [0.05, 0.1) is 25.7 Å². The van der Waals surface area contributed by atoms with E-state index < -0.39 is 43.4 Å². The number of rotatable bonds is 7. The zero-order valence-corrected chi connectivity index (χ0v) is 17.4. The molecule has 2 aliphatic heterocycles. The van der Waals surface area contributed by atoms with Crippen LogP contribution in [0.4, 0.5) is 0 Å². The van der Waals surface area contributed by atoms with Gasteiger partial charge in [-0.15, -0.1) is 0 Å². The molecular weight excluding hydrogens is 407 g/mol. The van der Waals surface area contributed by atoms with E-state index in [9.17, 15) is 18.9 Å². The number of aromatic amines is 1. The van der Waals surface area contributed by atoms with Crippen molar-refractivity contribution in [2.45, 2.75) is 52.0 Å². The van der Waals surface area contributed by atoms with Crippen LogP contribution in [0.3, 0.4) is 0 Å². The van der Waals surface area contributed by atoms with Crippen LogP contribution in [0.5, 0.6) is 0 Å². The van der Waals surface area contributed by atoms with Crippen molar-refractivity contribution >= 4 is 13.8 Å². The average Bonchev–Trinajstić information content (AvgIpc) is 3.07. The van der Waals surface area contributed by atoms with Crippen LogP contribution in [0.15, 0.2) is 15.8 Å². The molecule has 1 aromatic rings. The topological polar surface area (TPSA) is 135 Å². The van der Waals surface area contributed by atoms with Gasteiger partial charge < -0.3 is 9.47 Å². The maximum Gasteiger partial charge on any atom is 0.475 e. The number of nitrogens with zero attached hydrogens (tertiary/aromatic N) is 1. The Balaban J connectivity index is 1.58. The van der Waals surface area contributed by atoms with E-state index in [2.05, 4.69) is 4.98 Å². The van der Waals surface area contributed by atoms with Crippen molar-refractivity contribution in [3.05, 3.63) is 32.6 Å². The van der Waals surface area contributed by atoms with Gasteiger partial charge in [-0.05, 0) is 20.3 Å². The summed E-state index contributed by atoms with van der Waals surface area (Å²) in [7, 11) is -3.81. The quantitative estimate of drug-likeness (QED) is 0.499. The van der Waals surface area contributed by atoms with Crippen molar-refractivity contribution in [2.75, 3.05) is 19.8 Å². The molecular formula is C17H25N2O9P. The monoisotopic (exact) mass is 432 g/mol. The Hall–Kier alpha value is -1.78. The van der Waals surface area contributed by atoms with Crippen LogP contribution in [0.25, 0.3) is 0 Å². The summed E-state index contributed by atoms with van der Waals surface area (Å²) >= 11 is 0. The first-order valence-electron chi connectivity index (χ1n) is 9.44. The number of phosphoric acid groups is 1. The van der Waals surface area contributed by atoms with E-state index in [1.165, 1.54) is 10.8 Å². The fourth-order valence-corrected chi connectivity index (χ4v) is 4.51. The molecule has 0 spiro atoms. The highest BCUT2D eigenvalue weighted by atomic mass is 31.2. The molecule has 0 saturated carbocycles.